The molecular weight excluding hydrogens is 624 g/mol. The minimum atomic E-state index is -0.640. The van der Waals surface area contributed by atoms with Crippen LogP contribution in [0.15, 0.2) is 36.0 Å². The Morgan fingerprint density at radius 2 is 1.69 bits per heavy atom. The van der Waals surface area contributed by atoms with Crippen molar-refractivity contribution in [3.05, 3.63) is 58.9 Å². The number of aromatic nitrogens is 3. The standard InChI is InChI=1S/C40H55F2N3O4/c1-35(2)16-18-40(34(48)49-23-25-21-45(44-43-25)22-26-29(41)8-7-9-30(26)42)19-17-38(5)27(28(40)20-35)10-11-32-36(3)14-13-33(47)37(4,24-46)31(36)12-15-39(32,38)6/h7-10,21,28,31-33,46-47H,11-20,22-24H2,1-6H3/t28-,31+,32+,33-,36-,37-,38+,39+,40-/m0/s1. The second kappa shape index (κ2) is 11.7. The van der Waals surface area contributed by atoms with Crippen LogP contribution in [0.4, 0.5) is 8.78 Å². The molecule has 0 saturated heterocycles. The number of benzene rings is 1. The summed E-state index contributed by atoms with van der Waals surface area (Å²) in [5.74, 6) is -0.671. The molecule has 1 heterocycles. The van der Waals surface area contributed by atoms with Gasteiger partial charge in [-0.3, -0.25) is 4.79 Å². The first kappa shape index (κ1) is 34.8. The van der Waals surface area contributed by atoms with Crippen molar-refractivity contribution >= 4 is 5.97 Å². The summed E-state index contributed by atoms with van der Waals surface area (Å²) in [6.45, 7) is 14.1. The average Bonchev–Trinajstić information content (AvgIpc) is 3.51. The van der Waals surface area contributed by atoms with Gasteiger partial charge in [-0.15, -0.1) is 5.10 Å². The molecule has 0 aliphatic heterocycles. The number of allylic oxidation sites excluding steroid dienone is 2. The van der Waals surface area contributed by atoms with Gasteiger partial charge in [-0.25, -0.2) is 13.5 Å². The topological polar surface area (TPSA) is 97.5 Å². The molecule has 0 spiro atoms. The van der Waals surface area contributed by atoms with Gasteiger partial charge < -0.3 is 14.9 Å². The predicted octanol–water partition coefficient (Wildman–Crippen LogP) is 7.78. The molecule has 5 aliphatic rings. The molecule has 2 N–H and O–H groups in total. The number of rotatable bonds is 6. The Morgan fingerprint density at radius 1 is 0.980 bits per heavy atom. The third kappa shape index (κ3) is 5.09. The minimum Gasteiger partial charge on any atom is -0.459 e. The summed E-state index contributed by atoms with van der Waals surface area (Å²) in [5, 5.41) is 29.9. The minimum absolute atomic E-state index is 0.0123. The third-order valence-electron chi connectivity index (χ3n) is 15.5. The lowest BCUT2D eigenvalue weighted by Gasteiger charge is -2.71. The largest absolute Gasteiger partial charge is 0.459 e. The van der Waals surface area contributed by atoms with E-state index in [1.54, 1.807) is 6.20 Å². The van der Waals surface area contributed by atoms with E-state index >= 15 is 0 Å². The van der Waals surface area contributed by atoms with Crippen molar-refractivity contribution in [2.45, 2.75) is 125 Å². The van der Waals surface area contributed by atoms with Gasteiger partial charge in [0.1, 0.15) is 23.9 Å². The number of fused-ring (bicyclic) bond motifs is 7. The molecule has 0 bridgehead atoms. The highest BCUT2D eigenvalue weighted by atomic mass is 19.1. The van der Waals surface area contributed by atoms with Crippen LogP contribution in [0.1, 0.15) is 117 Å². The number of ether oxygens (including phenoxy) is 1. The van der Waals surface area contributed by atoms with Crippen molar-refractivity contribution in [2.24, 2.45) is 50.2 Å². The smallest absolute Gasteiger partial charge is 0.313 e. The summed E-state index contributed by atoms with van der Waals surface area (Å²) in [7, 11) is 0. The van der Waals surface area contributed by atoms with Gasteiger partial charge in [0.05, 0.1) is 30.9 Å². The van der Waals surface area contributed by atoms with Gasteiger partial charge >= 0.3 is 5.97 Å². The molecule has 0 radical (unpaired) electrons. The maximum Gasteiger partial charge on any atom is 0.313 e. The van der Waals surface area contributed by atoms with Crippen molar-refractivity contribution in [3.8, 4) is 0 Å². The van der Waals surface area contributed by atoms with Gasteiger partial charge in [0.2, 0.25) is 0 Å². The summed E-state index contributed by atoms with van der Waals surface area (Å²) in [6.07, 6.45) is 12.7. The molecule has 7 rings (SSSR count). The molecule has 1 aromatic heterocycles. The van der Waals surface area contributed by atoms with E-state index in [1.807, 2.05) is 0 Å². The molecule has 5 aliphatic carbocycles. The summed E-state index contributed by atoms with van der Waals surface area (Å²) in [6, 6.07) is 3.77. The van der Waals surface area contributed by atoms with E-state index in [1.165, 1.54) is 28.5 Å². The molecule has 0 unspecified atom stereocenters. The SMILES string of the molecule is CC1(C)CC[C@]2(C(=O)OCc3cn(Cc4c(F)cccc4F)nn3)CC[C@]3(C)C(=CC[C@@H]4[C@@]5(C)CC[C@H](O)[C@@](C)(CO)[C@@H]5CC[C@]43C)[C@@H]2C1. The van der Waals surface area contributed by atoms with E-state index in [-0.39, 0.29) is 64.8 Å². The van der Waals surface area contributed by atoms with Crippen LogP contribution in [0.25, 0.3) is 0 Å². The lowest BCUT2D eigenvalue weighted by molar-refractivity contribution is -0.217. The molecule has 1 aromatic carbocycles. The number of aliphatic hydroxyl groups is 2. The molecule has 9 heteroatoms. The molecule has 0 amide bonds. The maximum absolute atomic E-state index is 14.4. The van der Waals surface area contributed by atoms with Crippen LogP contribution < -0.4 is 0 Å². The Balaban J connectivity index is 1.15. The number of hydrogen-bond acceptors (Lipinski definition) is 6. The fourth-order valence-electron chi connectivity index (χ4n) is 12.2. The summed E-state index contributed by atoms with van der Waals surface area (Å²) < 4.78 is 35.9. The molecule has 7 nitrogen and oxygen atoms in total. The van der Waals surface area contributed by atoms with E-state index in [0.29, 0.717) is 11.6 Å². The Bertz CT molecular complexity index is 1640. The maximum atomic E-state index is 14.4. The normalized spacial score (nSPS) is 41.1. The number of hydrogen-bond donors (Lipinski definition) is 2. The van der Waals surface area contributed by atoms with Gasteiger partial charge in [-0.1, -0.05) is 64.5 Å². The van der Waals surface area contributed by atoms with E-state index in [0.717, 1.165) is 64.2 Å². The molecule has 4 fully saturated rings. The Morgan fingerprint density at radius 3 is 2.41 bits per heavy atom. The first-order valence-electron chi connectivity index (χ1n) is 18.5. The zero-order valence-electron chi connectivity index (χ0n) is 30.2. The monoisotopic (exact) mass is 679 g/mol. The number of halogens is 2. The second-order valence-corrected chi connectivity index (χ2v) is 18.3. The van der Waals surface area contributed by atoms with Gasteiger partial charge in [0, 0.05) is 11.0 Å². The number of aliphatic hydroxyl groups excluding tert-OH is 2. The van der Waals surface area contributed by atoms with Crippen LogP contribution in [0, 0.1) is 61.9 Å². The Hall–Kier alpha value is -2.65. The number of carbonyl (C=O) groups is 1. The van der Waals surface area contributed by atoms with Crippen LogP contribution >= 0.6 is 0 Å². The second-order valence-electron chi connectivity index (χ2n) is 18.3. The van der Waals surface area contributed by atoms with Crippen molar-refractivity contribution in [1.29, 1.82) is 0 Å². The van der Waals surface area contributed by atoms with Crippen LogP contribution in [0.3, 0.4) is 0 Å². The van der Waals surface area contributed by atoms with E-state index in [9.17, 15) is 23.8 Å². The molecule has 268 valence electrons. The molecule has 9 atom stereocenters. The fourth-order valence-corrected chi connectivity index (χ4v) is 12.2. The molecule has 2 aromatic rings. The molecule has 49 heavy (non-hydrogen) atoms. The van der Waals surface area contributed by atoms with Crippen LogP contribution in [-0.2, 0) is 22.7 Å². The number of nitrogens with zero attached hydrogens (tertiary/aromatic N) is 3. The third-order valence-corrected chi connectivity index (χ3v) is 15.5. The van der Waals surface area contributed by atoms with Crippen LogP contribution in [-0.4, -0.2) is 43.9 Å². The first-order valence-corrected chi connectivity index (χ1v) is 18.5. The average molecular weight is 680 g/mol. The van der Waals surface area contributed by atoms with Crippen LogP contribution in [0.5, 0.6) is 0 Å². The fraction of sp³-hybridized carbons (Fsp3) is 0.725. The van der Waals surface area contributed by atoms with Crippen LogP contribution in [0.2, 0.25) is 0 Å². The number of esters is 1. The van der Waals surface area contributed by atoms with Crippen molar-refractivity contribution < 1.29 is 28.5 Å². The van der Waals surface area contributed by atoms with Gasteiger partial charge in [-0.2, -0.15) is 0 Å². The highest BCUT2D eigenvalue weighted by molar-refractivity contribution is 5.78. The number of carbonyl (C=O) groups excluding carboxylic acids is 1. The van der Waals surface area contributed by atoms with E-state index < -0.39 is 28.6 Å². The van der Waals surface area contributed by atoms with Crippen molar-refractivity contribution in [2.75, 3.05) is 6.61 Å². The van der Waals surface area contributed by atoms with Crippen molar-refractivity contribution in [3.63, 3.8) is 0 Å². The Kier molecular flexibility index (Phi) is 8.30. The first-order chi connectivity index (χ1) is 23.0. The van der Waals surface area contributed by atoms with Gasteiger partial charge in [0.15, 0.2) is 0 Å². The van der Waals surface area contributed by atoms with Gasteiger partial charge in [-0.05, 0) is 116 Å². The van der Waals surface area contributed by atoms with Gasteiger partial charge in [0.25, 0.3) is 0 Å². The summed E-state index contributed by atoms with van der Waals surface area (Å²) in [5.41, 5.74) is 0.791. The van der Waals surface area contributed by atoms with Crippen molar-refractivity contribution in [1.82, 2.24) is 15.0 Å². The zero-order chi connectivity index (χ0) is 35.2. The predicted molar refractivity (Wildman–Crippen MR) is 182 cm³/mol. The quantitative estimate of drug-likeness (QED) is 0.239. The van der Waals surface area contributed by atoms with E-state index in [4.69, 9.17) is 4.74 Å². The summed E-state index contributed by atoms with van der Waals surface area (Å²) >= 11 is 0. The molecule has 4 saturated carbocycles. The zero-order valence-corrected chi connectivity index (χ0v) is 30.2. The highest BCUT2D eigenvalue weighted by Gasteiger charge is 2.69. The lowest BCUT2D eigenvalue weighted by Crippen LogP contribution is -2.66. The Labute approximate surface area is 289 Å². The summed E-state index contributed by atoms with van der Waals surface area (Å²) in [4.78, 5) is 14.4. The van der Waals surface area contributed by atoms with E-state index in [2.05, 4.69) is 57.9 Å². The molecular formula is C40H55F2N3O4. The highest BCUT2D eigenvalue weighted by Crippen LogP contribution is 2.75. The lowest BCUT2D eigenvalue weighted by atomic mass is 9.33.